The molecule has 0 atom stereocenters. The maximum Gasteiger partial charge on any atom is 0.223 e. The lowest BCUT2D eigenvalue weighted by Gasteiger charge is -2.11. The molecule has 0 aliphatic carbocycles. The van der Waals surface area contributed by atoms with Crippen LogP contribution in [0.3, 0.4) is 0 Å². The number of carbonyl (C=O) groups is 1. The number of likely N-dealkylation sites (N-methyl/N-ethyl adjacent to an activating group) is 1. The first kappa shape index (κ1) is 10.6. The van der Waals surface area contributed by atoms with Crippen LogP contribution in [0.15, 0.2) is 0 Å². The van der Waals surface area contributed by atoms with Crippen molar-refractivity contribution in [1.82, 2.24) is 9.88 Å². The van der Waals surface area contributed by atoms with Gasteiger partial charge in [0.2, 0.25) is 5.91 Å². The second kappa shape index (κ2) is 4.28. The van der Waals surface area contributed by atoms with Gasteiger partial charge in [-0.25, -0.2) is 4.98 Å². The summed E-state index contributed by atoms with van der Waals surface area (Å²) in [5.74, 6) is -0.0453. The van der Waals surface area contributed by atoms with Crippen LogP contribution < -0.4 is 5.32 Å². The average Bonchev–Trinajstić information content (AvgIpc) is 2.45. The SMILES string of the molecule is CC(=O)Nc1nc2c(s1)CCN(C)CC2. The Morgan fingerprint density at radius 1 is 1.47 bits per heavy atom. The van der Waals surface area contributed by atoms with Crippen molar-refractivity contribution in [2.24, 2.45) is 0 Å². The van der Waals surface area contributed by atoms with E-state index >= 15 is 0 Å². The van der Waals surface area contributed by atoms with Gasteiger partial charge >= 0.3 is 0 Å². The van der Waals surface area contributed by atoms with Gasteiger partial charge in [-0.15, -0.1) is 11.3 Å². The largest absolute Gasteiger partial charge is 0.306 e. The molecule has 1 amide bonds. The number of hydrogen-bond acceptors (Lipinski definition) is 4. The molecule has 5 heteroatoms. The van der Waals surface area contributed by atoms with Crippen LogP contribution in [0, 0.1) is 0 Å². The monoisotopic (exact) mass is 225 g/mol. The molecule has 2 rings (SSSR count). The Balaban J connectivity index is 2.15. The topological polar surface area (TPSA) is 45.2 Å². The van der Waals surface area contributed by atoms with Crippen LogP contribution in [-0.4, -0.2) is 35.9 Å². The summed E-state index contributed by atoms with van der Waals surface area (Å²) in [5.41, 5.74) is 1.16. The van der Waals surface area contributed by atoms with Crippen LogP contribution in [0.2, 0.25) is 0 Å². The summed E-state index contributed by atoms with van der Waals surface area (Å²) in [6, 6.07) is 0. The molecule has 0 fully saturated rings. The predicted molar refractivity (Wildman–Crippen MR) is 61.3 cm³/mol. The first-order valence-corrected chi connectivity index (χ1v) is 5.91. The van der Waals surface area contributed by atoms with E-state index in [1.165, 1.54) is 11.8 Å². The van der Waals surface area contributed by atoms with Crippen molar-refractivity contribution in [2.45, 2.75) is 19.8 Å². The fourth-order valence-corrected chi connectivity index (χ4v) is 2.72. The van der Waals surface area contributed by atoms with E-state index in [2.05, 4.69) is 22.2 Å². The molecule has 15 heavy (non-hydrogen) atoms. The maximum atomic E-state index is 10.9. The van der Waals surface area contributed by atoms with E-state index in [4.69, 9.17) is 0 Å². The summed E-state index contributed by atoms with van der Waals surface area (Å²) in [5, 5.41) is 3.50. The molecule has 2 heterocycles. The normalized spacial score (nSPS) is 16.9. The Hall–Kier alpha value is -0.940. The van der Waals surface area contributed by atoms with E-state index in [9.17, 15) is 4.79 Å². The fraction of sp³-hybridized carbons (Fsp3) is 0.600. The zero-order chi connectivity index (χ0) is 10.8. The van der Waals surface area contributed by atoms with Gasteiger partial charge in [0.1, 0.15) is 0 Å². The van der Waals surface area contributed by atoms with E-state index in [1.807, 2.05) is 0 Å². The summed E-state index contributed by atoms with van der Waals surface area (Å²) in [7, 11) is 2.13. The summed E-state index contributed by atoms with van der Waals surface area (Å²) < 4.78 is 0. The third kappa shape index (κ3) is 2.54. The lowest BCUT2D eigenvalue weighted by Crippen LogP contribution is -2.21. The molecule has 1 aromatic rings. The second-order valence-corrected chi connectivity index (χ2v) is 4.96. The number of nitrogens with one attached hydrogen (secondary N) is 1. The predicted octanol–water partition coefficient (Wildman–Crippen LogP) is 1.13. The Labute approximate surface area is 93.3 Å². The van der Waals surface area contributed by atoms with Crippen molar-refractivity contribution < 1.29 is 4.79 Å². The highest BCUT2D eigenvalue weighted by Gasteiger charge is 2.16. The highest BCUT2D eigenvalue weighted by atomic mass is 32.1. The molecule has 82 valence electrons. The van der Waals surface area contributed by atoms with Crippen molar-refractivity contribution in [3.05, 3.63) is 10.6 Å². The standard InChI is InChI=1S/C10H15N3OS/c1-7(14)11-10-12-8-3-5-13(2)6-4-9(8)15-10/h3-6H2,1-2H3,(H,11,12,14). The molecular weight excluding hydrogens is 210 g/mol. The summed E-state index contributed by atoms with van der Waals surface area (Å²) in [6.07, 6.45) is 2.03. The number of anilines is 1. The lowest BCUT2D eigenvalue weighted by atomic mass is 10.2. The Morgan fingerprint density at radius 3 is 2.93 bits per heavy atom. The zero-order valence-electron chi connectivity index (χ0n) is 9.04. The van der Waals surface area contributed by atoms with Crippen molar-refractivity contribution >= 4 is 22.4 Å². The molecule has 0 saturated heterocycles. The van der Waals surface area contributed by atoms with Crippen LogP contribution in [0.25, 0.3) is 0 Å². The van der Waals surface area contributed by atoms with E-state index in [0.717, 1.165) is 36.8 Å². The molecule has 0 saturated carbocycles. The van der Waals surface area contributed by atoms with Gasteiger partial charge in [0, 0.05) is 31.3 Å². The minimum absolute atomic E-state index is 0.0453. The van der Waals surface area contributed by atoms with E-state index in [-0.39, 0.29) is 5.91 Å². The van der Waals surface area contributed by atoms with E-state index in [0.29, 0.717) is 0 Å². The van der Waals surface area contributed by atoms with Crippen LogP contribution in [-0.2, 0) is 17.6 Å². The van der Waals surface area contributed by atoms with E-state index in [1.54, 1.807) is 11.3 Å². The summed E-state index contributed by atoms with van der Waals surface area (Å²) in [4.78, 5) is 19.0. The highest BCUT2D eigenvalue weighted by Crippen LogP contribution is 2.25. The summed E-state index contributed by atoms with van der Waals surface area (Å²) in [6.45, 7) is 3.64. The average molecular weight is 225 g/mol. The molecular formula is C10H15N3OS. The number of nitrogens with zero attached hydrogens (tertiary/aromatic N) is 2. The Bertz CT molecular complexity index is 349. The second-order valence-electron chi connectivity index (χ2n) is 3.87. The summed E-state index contributed by atoms with van der Waals surface area (Å²) >= 11 is 1.61. The van der Waals surface area contributed by atoms with Crippen molar-refractivity contribution in [3.63, 3.8) is 0 Å². The van der Waals surface area contributed by atoms with Gasteiger partial charge in [-0.3, -0.25) is 4.79 Å². The minimum Gasteiger partial charge on any atom is -0.306 e. The number of carbonyl (C=O) groups excluding carboxylic acids is 1. The molecule has 4 nitrogen and oxygen atoms in total. The fourth-order valence-electron chi connectivity index (χ4n) is 1.68. The van der Waals surface area contributed by atoms with Crippen LogP contribution in [0.5, 0.6) is 0 Å². The van der Waals surface area contributed by atoms with Crippen molar-refractivity contribution in [3.8, 4) is 0 Å². The van der Waals surface area contributed by atoms with Gasteiger partial charge < -0.3 is 10.2 Å². The van der Waals surface area contributed by atoms with Gasteiger partial charge in [0.05, 0.1) is 5.69 Å². The molecule has 0 spiro atoms. The smallest absolute Gasteiger partial charge is 0.223 e. The quantitative estimate of drug-likeness (QED) is 0.779. The van der Waals surface area contributed by atoms with Gasteiger partial charge in [-0.05, 0) is 13.5 Å². The number of fused-ring (bicyclic) bond motifs is 1. The molecule has 1 aliphatic rings. The molecule has 0 aromatic carbocycles. The van der Waals surface area contributed by atoms with Gasteiger partial charge in [-0.2, -0.15) is 0 Å². The lowest BCUT2D eigenvalue weighted by molar-refractivity contribution is -0.114. The number of rotatable bonds is 1. The van der Waals surface area contributed by atoms with Crippen LogP contribution in [0.4, 0.5) is 5.13 Å². The highest BCUT2D eigenvalue weighted by molar-refractivity contribution is 7.15. The van der Waals surface area contributed by atoms with Crippen molar-refractivity contribution in [1.29, 1.82) is 0 Å². The number of amides is 1. The minimum atomic E-state index is -0.0453. The molecule has 0 radical (unpaired) electrons. The molecule has 0 bridgehead atoms. The number of aromatic nitrogens is 1. The molecule has 1 aromatic heterocycles. The van der Waals surface area contributed by atoms with Gasteiger partial charge in [-0.1, -0.05) is 0 Å². The van der Waals surface area contributed by atoms with Crippen LogP contribution in [0.1, 0.15) is 17.5 Å². The molecule has 0 unspecified atom stereocenters. The molecule has 1 aliphatic heterocycles. The maximum absolute atomic E-state index is 10.9. The Morgan fingerprint density at radius 2 is 2.20 bits per heavy atom. The zero-order valence-corrected chi connectivity index (χ0v) is 9.86. The van der Waals surface area contributed by atoms with Crippen molar-refractivity contribution in [2.75, 3.05) is 25.5 Å². The first-order valence-electron chi connectivity index (χ1n) is 5.10. The Kier molecular flexibility index (Phi) is 3.02. The van der Waals surface area contributed by atoms with Crippen LogP contribution >= 0.6 is 11.3 Å². The molecule has 1 N–H and O–H groups in total. The van der Waals surface area contributed by atoms with Gasteiger partial charge in [0.25, 0.3) is 0 Å². The van der Waals surface area contributed by atoms with E-state index < -0.39 is 0 Å². The third-order valence-electron chi connectivity index (χ3n) is 2.51. The number of thiazole rings is 1. The first-order chi connectivity index (χ1) is 7.15. The number of hydrogen-bond donors (Lipinski definition) is 1. The van der Waals surface area contributed by atoms with Gasteiger partial charge in [0.15, 0.2) is 5.13 Å². The third-order valence-corrected chi connectivity index (χ3v) is 3.58.